The minimum atomic E-state index is -4.95. The van der Waals surface area contributed by atoms with Gasteiger partial charge in [-0.2, -0.15) is 13.2 Å². The molecular weight excluding hydrogens is 469 g/mol. The van der Waals surface area contributed by atoms with Crippen molar-refractivity contribution in [1.82, 2.24) is 4.90 Å². The highest BCUT2D eigenvalue weighted by atomic mass is 19.4. The third-order valence-corrected chi connectivity index (χ3v) is 5.88. The fourth-order valence-corrected chi connectivity index (χ4v) is 4.46. The van der Waals surface area contributed by atoms with E-state index in [9.17, 15) is 41.2 Å². The maximum absolute atomic E-state index is 13.7. The van der Waals surface area contributed by atoms with E-state index in [2.05, 4.69) is 10.1 Å². The quantitative estimate of drug-likeness (QED) is 0.456. The van der Waals surface area contributed by atoms with Gasteiger partial charge in [-0.05, 0) is 35.7 Å². The molecule has 0 aromatic heterocycles. The smallest absolute Gasteiger partial charge is 0.423 e. The zero-order valence-electron chi connectivity index (χ0n) is 17.2. The van der Waals surface area contributed by atoms with Gasteiger partial charge in [0.15, 0.2) is 5.54 Å². The molecule has 1 amide bonds. The highest BCUT2D eigenvalue weighted by Gasteiger charge is 2.55. The second-order valence-electron chi connectivity index (χ2n) is 7.81. The number of hydrogen-bond acceptors (Lipinski definition) is 5. The van der Waals surface area contributed by atoms with Gasteiger partial charge in [-0.25, -0.2) is 0 Å². The van der Waals surface area contributed by atoms with Crippen LogP contribution in [0.5, 0.6) is 5.75 Å². The number of nitrogens with zero attached hydrogens (tertiary/aromatic N) is 1. The number of ether oxygens (including phenoxy) is 1. The van der Waals surface area contributed by atoms with Crippen molar-refractivity contribution in [3.8, 4) is 5.75 Å². The first-order valence-corrected chi connectivity index (χ1v) is 10.0. The van der Waals surface area contributed by atoms with E-state index in [1.165, 1.54) is 24.3 Å². The average Bonchev–Trinajstić information content (AvgIpc) is 3.05. The van der Waals surface area contributed by atoms with Crippen molar-refractivity contribution in [3.63, 3.8) is 0 Å². The topological polar surface area (TPSA) is 82.0 Å². The number of para-hydroxylation sites is 1. The van der Waals surface area contributed by atoms with Crippen LogP contribution in [0, 0.1) is 0 Å². The summed E-state index contributed by atoms with van der Waals surface area (Å²) in [5, 5.41) is 21.2. The van der Waals surface area contributed by atoms with Crippen LogP contribution in [0.1, 0.15) is 23.1 Å². The van der Waals surface area contributed by atoms with Crippen molar-refractivity contribution >= 4 is 18.7 Å². The standard InChI is InChI=1S/C21H17BF6N2O4/c23-20(24,25)16-3-1-2-15-17(16)29-18(31)19(15,30-10-8-13(9-11-30)22(32)33)12-4-6-14(7-5-12)34-21(26,27)28/h1-8,32-33H,9-11H2,(H,29,31)/t19-/m1/s1. The average molecular weight is 486 g/mol. The molecule has 34 heavy (non-hydrogen) atoms. The van der Waals surface area contributed by atoms with Crippen LogP contribution in [0.2, 0.25) is 0 Å². The molecule has 0 saturated heterocycles. The number of fused-ring (bicyclic) bond motifs is 1. The molecule has 0 fully saturated rings. The van der Waals surface area contributed by atoms with E-state index >= 15 is 0 Å². The first kappa shape index (κ1) is 24.1. The Morgan fingerprint density at radius 1 is 1.03 bits per heavy atom. The molecule has 2 aliphatic rings. The number of alkyl halides is 6. The van der Waals surface area contributed by atoms with Crippen molar-refractivity contribution in [2.75, 3.05) is 18.4 Å². The monoisotopic (exact) mass is 486 g/mol. The summed E-state index contributed by atoms with van der Waals surface area (Å²) in [4.78, 5) is 15.0. The molecule has 0 unspecified atom stereocenters. The molecule has 0 saturated carbocycles. The number of benzene rings is 2. The number of nitrogens with one attached hydrogen (secondary N) is 1. The van der Waals surface area contributed by atoms with Crippen molar-refractivity contribution in [2.24, 2.45) is 0 Å². The molecular formula is C21H17BF6N2O4. The number of hydrogen-bond donors (Lipinski definition) is 3. The first-order chi connectivity index (χ1) is 15.8. The van der Waals surface area contributed by atoms with E-state index in [0.29, 0.717) is 0 Å². The fourth-order valence-electron chi connectivity index (χ4n) is 4.46. The number of halogens is 6. The summed E-state index contributed by atoms with van der Waals surface area (Å²) in [6.45, 7) is 0.0320. The van der Waals surface area contributed by atoms with E-state index in [4.69, 9.17) is 0 Å². The second-order valence-corrected chi connectivity index (χ2v) is 7.81. The molecule has 0 bridgehead atoms. The van der Waals surface area contributed by atoms with E-state index in [0.717, 1.165) is 24.3 Å². The second kappa shape index (κ2) is 8.33. The van der Waals surface area contributed by atoms with Gasteiger partial charge in [-0.3, -0.25) is 9.69 Å². The van der Waals surface area contributed by atoms with Gasteiger partial charge in [-0.1, -0.05) is 30.3 Å². The Morgan fingerprint density at radius 2 is 1.71 bits per heavy atom. The van der Waals surface area contributed by atoms with Crippen LogP contribution in [0.3, 0.4) is 0 Å². The summed E-state index contributed by atoms with van der Waals surface area (Å²) < 4.78 is 82.6. The van der Waals surface area contributed by atoms with Crippen LogP contribution in [0.4, 0.5) is 32.0 Å². The summed E-state index contributed by atoms with van der Waals surface area (Å²) >= 11 is 0. The van der Waals surface area contributed by atoms with Crippen LogP contribution in [-0.2, 0) is 16.5 Å². The van der Waals surface area contributed by atoms with E-state index in [1.54, 1.807) is 4.90 Å². The van der Waals surface area contributed by atoms with Gasteiger partial charge in [0.05, 0.1) is 11.3 Å². The lowest BCUT2D eigenvalue weighted by Crippen LogP contribution is -2.53. The Bertz CT molecular complexity index is 1130. The lowest BCUT2D eigenvalue weighted by atomic mass is 9.74. The molecule has 3 N–H and O–H groups in total. The zero-order valence-corrected chi connectivity index (χ0v) is 17.2. The van der Waals surface area contributed by atoms with Crippen molar-refractivity contribution in [3.05, 3.63) is 70.7 Å². The Hall–Kier alpha value is -3.03. The van der Waals surface area contributed by atoms with Gasteiger partial charge < -0.3 is 20.1 Å². The molecule has 2 aromatic rings. The molecule has 1 atom stereocenters. The molecule has 6 nitrogen and oxygen atoms in total. The van der Waals surface area contributed by atoms with E-state index in [-0.39, 0.29) is 36.1 Å². The predicted octanol–water partition coefficient (Wildman–Crippen LogP) is 3.44. The van der Waals surface area contributed by atoms with Crippen LogP contribution >= 0.6 is 0 Å². The Kier molecular flexibility index (Phi) is 5.90. The molecule has 2 heterocycles. The van der Waals surface area contributed by atoms with Gasteiger partial charge in [0.1, 0.15) is 5.75 Å². The fraction of sp³-hybridized carbons (Fsp3) is 0.286. The van der Waals surface area contributed by atoms with Gasteiger partial charge >= 0.3 is 19.7 Å². The number of anilines is 1. The lowest BCUT2D eigenvalue weighted by molar-refractivity contribution is -0.274. The SMILES string of the molecule is O=C1Nc2c(C(F)(F)F)cccc2[C@@]1(c1ccc(OC(F)(F)F)cc1)N1CC=C(B(O)O)CC1. The van der Waals surface area contributed by atoms with Gasteiger partial charge in [0.2, 0.25) is 0 Å². The van der Waals surface area contributed by atoms with Crippen LogP contribution in [-0.4, -0.2) is 47.4 Å². The number of carbonyl (C=O) groups is 1. The Balaban J connectivity index is 1.88. The maximum atomic E-state index is 13.7. The highest BCUT2D eigenvalue weighted by molar-refractivity contribution is 6.50. The Morgan fingerprint density at radius 3 is 2.24 bits per heavy atom. The number of rotatable bonds is 4. The molecule has 4 rings (SSSR count). The van der Waals surface area contributed by atoms with Crippen molar-refractivity contribution in [1.29, 1.82) is 0 Å². The van der Waals surface area contributed by atoms with E-state index in [1.807, 2.05) is 0 Å². The molecule has 0 aliphatic carbocycles. The van der Waals surface area contributed by atoms with Gasteiger partial charge in [0, 0.05) is 18.7 Å². The van der Waals surface area contributed by atoms with E-state index < -0.39 is 48.1 Å². The summed E-state index contributed by atoms with van der Waals surface area (Å²) in [5.41, 5.74) is -2.92. The third kappa shape index (κ3) is 4.14. The minimum absolute atomic E-state index is 0.0155. The molecule has 0 radical (unpaired) electrons. The van der Waals surface area contributed by atoms with Gasteiger partial charge in [0.25, 0.3) is 5.91 Å². The molecule has 2 aliphatic heterocycles. The molecule has 0 spiro atoms. The zero-order chi connectivity index (χ0) is 24.9. The Labute approximate surface area is 189 Å². The number of carbonyl (C=O) groups excluding carboxylic acids is 1. The third-order valence-electron chi connectivity index (χ3n) is 5.88. The minimum Gasteiger partial charge on any atom is -0.423 e. The first-order valence-electron chi connectivity index (χ1n) is 10.0. The number of amides is 1. The van der Waals surface area contributed by atoms with Crippen LogP contribution in [0.25, 0.3) is 0 Å². The van der Waals surface area contributed by atoms with Crippen LogP contribution in [0.15, 0.2) is 54.0 Å². The largest absolute Gasteiger partial charge is 0.573 e. The predicted molar refractivity (Wildman–Crippen MR) is 108 cm³/mol. The normalized spacial score (nSPS) is 21.1. The summed E-state index contributed by atoms with van der Waals surface area (Å²) in [7, 11) is -1.72. The molecule has 180 valence electrons. The maximum Gasteiger partial charge on any atom is 0.573 e. The van der Waals surface area contributed by atoms with Gasteiger partial charge in [-0.15, -0.1) is 13.2 Å². The molecule has 13 heteroatoms. The highest BCUT2D eigenvalue weighted by Crippen LogP contribution is 2.50. The summed E-state index contributed by atoms with van der Waals surface area (Å²) in [6, 6.07) is 7.67. The van der Waals surface area contributed by atoms with Crippen LogP contribution < -0.4 is 10.1 Å². The lowest BCUT2D eigenvalue weighted by Gasteiger charge is -2.41. The summed E-state index contributed by atoms with van der Waals surface area (Å²) in [5.74, 6) is -1.37. The van der Waals surface area contributed by atoms with Crippen molar-refractivity contribution in [2.45, 2.75) is 24.5 Å². The van der Waals surface area contributed by atoms with Crippen molar-refractivity contribution < 1.29 is 45.9 Å². The molecule has 2 aromatic carbocycles. The summed E-state index contributed by atoms with van der Waals surface area (Å²) in [6.07, 6.45) is -8.15.